The Morgan fingerprint density at radius 1 is 1.21 bits per heavy atom. The number of hydrogen-bond donors (Lipinski definition) is 4. The minimum atomic E-state index is -0.594. The number of cyclic esters (lactones) is 1. The van der Waals surface area contributed by atoms with Gasteiger partial charge in [0.05, 0.1) is 24.8 Å². The van der Waals surface area contributed by atoms with E-state index in [2.05, 4.69) is 10.6 Å². The fourth-order valence-electron chi connectivity index (χ4n) is 3.59. The van der Waals surface area contributed by atoms with Crippen molar-refractivity contribution in [1.29, 1.82) is 0 Å². The topological polar surface area (TPSA) is 140 Å². The number of rotatable bonds is 10. The van der Waals surface area contributed by atoms with Crippen LogP contribution in [0.15, 0.2) is 42.5 Å². The highest BCUT2D eigenvalue weighted by Crippen LogP contribution is 2.29. The molecule has 0 unspecified atom stereocenters. The van der Waals surface area contributed by atoms with Crippen molar-refractivity contribution in [2.75, 3.05) is 24.5 Å². The Bertz CT molecular complexity index is 1030. The molecule has 182 valence electrons. The highest BCUT2D eigenvalue weighted by Gasteiger charge is 2.32. The van der Waals surface area contributed by atoms with E-state index in [1.807, 2.05) is 0 Å². The summed E-state index contributed by atoms with van der Waals surface area (Å²) >= 11 is 0. The van der Waals surface area contributed by atoms with E-state index < -0.39 is 24.1 Å². The van der Waals surface area contributed by atoms with Gasteiger partial charge in [0.15, 0.2) is 0 Å². The van der Waals surface area contributed by atoms with Gasteiger partial charge in [-0.3, -0.25) is 14.5 Å². The number of nitrogens with two attached hydrogens (primary N) is 2. The smallest absolute Gasteiger partial charge is 0.414 e. The minimum absolute atomic E-state index is 0.199. The van der Waals surface area contributed by atoms with E-state index in [-0.39, 0.29) is 24.9 Å². The first-order chi connectivity index (χ1) is 16.3. The molecule has 1 heterocycles. The van der Waals surface area contributed by atoms with Gasteiger partial charge in [0.2, 0.25) is 11.8 Å². The van der Waals surface area contributed by atoms with E-state index in [1.165, 1.54) is 17.9 Å². The van der Waals surface area contributed by atoms with Gasteiger partial charge in [-0.05, 0) is 48.7 Å². The lowest BCUT2D eigenvalue weighted by atomic mass is 10.0. The van der Waals surface area contributed by atoms with Gasteiger partial charge >= 0.3 is 6.09 Å². The summed E-state index contributed by atoms with van der Waals surface area (Å²) in [4.78, 5) is 36.6. The predicted molar refractivity (Wildman–Crippen MR) is 126 cm³/mol. The molecule has 0 spiro atoms. The van der Waals surface area contributed by atoms with Crippen LogP contribution in [-0.2, 0) is 20.9 Å². The van der Waals surface area contributed by atoms with Crippen LogP contribution in [0.4, 0.5) is 14.9 Å². The summed E-state index contributed by atoms with van der Waals surface area (Å²) in [5.74, 6) is -0.939. The molecular weight excluding hydrogens is 441 g/mol. The molecule has 0 saturated carbocycles. The Morgan fingerprint density at radius 3 is 2.59 bits per heavy atom. The first-order valence-corrected chi connectivity index (χ1v) is 11.1. The first-order valence-electron chi connectivity index (χ1n) is 11.1. The van der Waals surface area contributed by atoms with Crippen molar-refractivity contribution >= 4 is 23.6 Å². The van der Waals surface area contributed by atoms with Gasteiger partial charge in [-0.15, -0.1) is 0 Å². The zero-order valence-corrected chi connectivity index (χ0v) is 19.1. The van der Waals surface area contributed by atoms with Crippen molar-refractivity contribution in [3.05, 3.63) is 53.8 Å². The predicted octanol–water partition coefficient (Wildman–Crippen LogP) is 1.64. The van der Waals surface area contributed by atoms with Gasteiger partial charge in [0.1, 0.15) is 11.9 Å². The summed E-state index contributed by atoms with van der Waals surface area (Å²) in [5, 5.41) is 5.39. The van der Waals surface area contributed by atoms with Crippen molar-refractivity contribution < 1.29 is 23.5 Å². The number of nitrogens with zero attached hydrogens (tertiary/aromatic N) is 1. The minimum Gasteiger partial charge on any atom is -0.442 e. The van der Waals surface area contributed by atoms with Crippen LogP contribution in [0.3, 0.4) is 0 Å². The normalized spacial score (nSPS) is 16.2. The molecule has 9 nitrogen and oxygen atoms in total. The molecule has 3 rings (SSSR count). The molecule has 34 heavy (non-hydrogen) atoms. The molecule has 1 aliphatic rings. The van der Waals surface area contributed by atoms with Crippen LogP contribution in [0.1, 0.15) is 25.3 Å². The number of amides is 3. The van der Waals surface area contributed by atoms with Gasteiger partial charge in [-0.25, -0.2) is 9.18 Å². The molecule has 2 aromatic carbocycles. The largest absolute Gasteiger partial charge is 0.442 e. The molecule has 1 aliphatic heterocycles. The summed E-state index contributed by atoms with van der Waals surface area (Å²) < 4.78 is 20.1. The monoisotopic (exact) mass is 471 g/mol. The maximum Gasteiger partial charge on any atom is 0.414 e. The van der Waals surface area contributed by atoms with E-state index in [0.717, 1.165) is 5.56 Å². The van der Waals surface area contributed by atoms with Crippen molar-refractivity contribution in [2.45, 2.75) is 38.5 Å². The third-order valence-corrected chi connectivity index (χ3v) is 5.50. The molecule has 0 aromatic heterocycles. The first kappa shape index (κ1) is 25.1. The van der Waals surface area contributed by atoms with Crippen molar-refractivity contribution in [3.63, 3.8) is 0 Å². The second kappa shape index (κ2) is 11.6. The lowest BCUT2D eigenvalue weighted by molar-refractivity contribution is -0.122. The van der Waals surface area contributed by atoms with Crippen LogP contribution in [0.2, 0.25) is 0 Å². The SMILES string of the molecule is CC(=O)NC[C@H]1CN(c2ccc(-c3ccc(CNC(=O)[C@@H](N)CCCN)cc3)c(F)c2)C(=O)O1. The van der Waals surface area contributed by atoms with Crippen LogP contribution < -0.4 is 27.0 Å². The number of halogens is 1. The maximum absolute atomic E-state index is 14.9. The number of benzene rings is 2. The van der Waals surface area contributed by atoms with E-state index in [1.54, 1.807) is 36.4 Å². The molecule has 0 bridgehead atoms. The van der Waals surface area contributed by atoms with E-state index >= 15 is 0 Å². The second-order valence-corrected chi connectivity index (χ2v) is 8.17. The molecule has 1 saturated heterocycles. The molecule has 1 fully saturated rings. The molecular formula is C24H30FN5O4. The number of hydrogen-bond acceptors (Lipinski definition) is 6. The van der Waals surface area contributed by atoms with E-state index in [9.17, 15) is 18.8 Å². The third kappa shape index (κ3) is 6.52. The van der Waals surface area contributed by atoms with Crippen LogP contribution in [-0.4, -0.2) is 49.7 Å². The molecule has 2 aromatic rings. The summed E-state index contributed by atoms with van der Waals surface area (Å²) in [6.07, 6.45) is 0.130. The Balaban J connectivity index is 1.61. The summed E-state index contributed by atoms with van der Waals surface area (Å²) in [6.45, 7) is 2.60. The van der Waals surface area contributed by atoms with Crippen LogP contribution in [0, 0.1) is 5.82 Å². The molecule has 6 N–H and O–H groups in total. The Hall–Kier alpha value is -3.50. The van der Waals surface area contributed by atoms with Gasteiger partial charge in [-0.1, -0.05) is 24.3 Å². The third-order valence-electron chi connectivity index (χ3n) is 5.50. The van der Waals surface area contributed by atoms with Gasteiger partial charge in [-0.2, -0.15) is 0 Å². The van der Waals surface area contributed by atoms with Gasteiger partial charge in [0.25, 0.3) is 0 Å². The van der Waals surface area contributed by atoms with Crippen LogP contribution in [0.5, 0.6) is 0 Å². The highest BCUT2D eigenvalue weighted by molar-refractivity contribution is 5.90. The molecule has 0 radical (unpaired) electrons. The number of carbonyl (C=O) groups excluding carboxylic acids is 3. The lowest BCUT2D eigenvalue weighted by Gasteiger charge is -2.15. The summed E-state index contributed by atoms with van der Waals surface area (Å²) in [5.41, 5.74) is 13.5. The second-order valence-electron chi connectivity index (χ2n) is 8.17. The average molecular weight is 472 g/mol. The fourth-order valence-corrected chi connectivity index (χ4v) is 3.59. The number of ether oxygens (including phenoxy) is 1. The molecule has 0 aliphatic carbocycles. The number of anilines is 1. The Morgan fingerprint density at radius 2 is 1.94 bits per heavy atom. The van der Waals surface area contributed by atoms with Crippen molar-refractivity contribution in [1.82, 2.24) is 10.6 Å². The van der Waals surface area contributed by atoms with Gasteiger partial charge < -0.3 is 26.8 Å². The fraction of sp³-hybridized carbons (Fsp3) is 0.375. The number of carbonyl (C=O) groups is 3. The Kier molecular flexibility index (Phi) is 8.55. The lowest BCUT2D eigenvalue weighted by Crippen LogP contribution is -2.40. The van der Waals surface area contributed by atoms with Crippen molar-refractivity contribution in [3.8, 4) is 11.1 Å². The quantitative estimate of drug-likeness (QED) is 0.415. The average Bonchev–Trinajstić information content (AvgIpc) is 3.20. The Labute approximate surface area is 197 Å². The maximum atomic E-state index is 14.9. The highest BCUT2D eigenvalue weighted by atomic mass is 19.1. The zero-order chi connectivity index (χ0) is 24.7. The van der Waals surface area contributed by atoms with Crippen molar-refractivity contribution in [2.24, 2.45) is 11.5 Å². The van der Waals surface area contributed by atoms with Crippen LogP contribution in [0.25, 0.3) is 11.1 Å². The van der Waals surface area contributed by atoms with Gasteiger partial charge in [0, 0.05) is 19.0 Å². The van der Waals surface area contributed by atoms with E-state index in [0.29, 0.717) is 42.7 Å². The summed E-state index contributed by atoms with van der Waals surface area (Å²) in [6, 6.07) is 11.1. The molecule has 10 heteroatoms. The molecule has 2 atom stereocenters. The summed E-state index contributed by atoms with van der Waals surface area (Å²) in [7, 11) is 0. The number of nitrogens with one attached hydrogen (secondary N) is 2. The van der Waals surface area contributed by atoms with Crippen LogP contribution >= 0.6 is 0 Å². The molecule has 3 amide bonds. The van der Waals surface area contributed by atoms with E-state index in [4.69, 9.17) is 16.2 Å². The standard InChI is InChI=1S/C24H30FN5O4/c1-15(31)28-13-19-14-30(24(33)34-19)18-8-9-20(21(25)11-18)17-6-4-16(5-7-17)12-29-23(32)22(27)3-2-10-26/h4-9,11,19,22H,2-3,10,12-14,26-27H2,1H3,(H,28,31)(H,29,32)/t19-,22-/m0/s1. The zero-order valence-electron chi connectivity index (χ0n) is 19.1.